The molecule has 0 spiro atoms. The van der Waals surface area contributed by atoms with Gasteiger partial charge < -0.3 is 5.11 Å². The monoisotopic (exact) mass is 113 g/mol. The minimum atomic E-state index is -1.04. The van der Waals surface area contributed by atoms with E-state index in [0.717, 1.165) is 0 Å². The number of rotatable bonds is 2. The Bertz CT molecular complexity index is 137. The molecule has 0 atom stereocenters. The van der Waals surface area contributed by atoms with E-state index in [4.69, 9.17) is 5.11 Å². The standard InChI is InChI=1S/C5H7NO2/c1-3-4(6-2)5(7)8/h3H,1H2,2H3,(H,7,8)/b6-4+. The SMILES string of the molecule is C=C/C(=N\C)C(=O)O. The molecule has 0 saturated carbocycles. The molecule has 0 unspecified atom stereocenters. The van der Waals surface area contributed by atoms with Crippen LogP contribution in [-0.4, -0.2) is 23.8 Å². The van der Waals surface area contributed by atoms with Crippen molar-refractivity contribution < 1.29 is 9.90 Å². The van der Waals surface area contributed by atoms with Crippen LogP contribution in [0.15, 0.2) is 17.6 Å². The molecule has 0 heterocycles. The molecule has 8 heavy (non-hydrogen) atoms. The number of carboxylic acid groups (broad SMARTS) is 1. The molecule has 0 radical (unpaired) electrons. The lowest BCUT2D eigenvalue weighted by molar-refractivity contribution is -0.129. The molecule has 0 aromatic carbocycles. The first-order valence-electron chi connectivity index (χ1n) is 2.05. The van der Waals surface area contributed by atoms with Gasteiger partial charge in [-0.1, -0.05) is 6.58 Å². The summed E-state index contributed by atoms with van der Waals surface area (Å²) >= 11 is 0. The molecule has 0 fully saturated rings. The van der Waals surface area contributed by atoms with Crippen LogP contribution in [0.5, 0.6) is 0 Å². The molecule has 0 aliphatic heterocycles. The van der Waals surface area contributed by atoms with Crippen molar-refractivity contribution in [2.75, 3.05) is 7.05 Å². The highest BCUT2D eigenvalue weighted by Gasteiger charge is 1.99. The number of nitrogens with zero attached hydrogens (tertiary/aromatic N) is 1. The van der Waals surface area contributed by atoms with Crippen LogP contribution in [0.3, 0.4) is 0 Å². The number of hydrogen-bond donors (Lipinski definition) is 1. The van der Waals surface area contributed by atoms with E-state index >= 15 is 0 Å². The second kappa shape index (κ2) is 2.96. The summed E-state index contributed by atoms with van der Waals surface area (Å²) in [6.07, 6.45) is 1.20. The van der Waals surface area contributed by atoms with Crippen molar-refractivity contribution in [1.29, 1.82) is 0 Å². The Morgan fingerprint density at radius 3 is 2.38 bits per heavy atom. The Morgan fingerprint density at radius 1 is 1.88 bits per heavy atom. The summed E-state index contributed by atoms with van der Waals surface area (Å²) in [6.45, 7) is 3.24. The van der Waals surface area contributed by atoms with Crippen LogP contribution in [0.4, 0.5) is 0 Å². The predicted molar refractivity (Wildman–Crippen MR) is 31.2 cm³/mol. The molecular weight excluding hydrogens is 106 g/mol. The normalized spacial score (nSPS) is 10.9. The van der Waals surface area contributed by atoms with E-state index in [1.807, 2.05) is 0 Å². The van der Waals surface area contributed by atoms with Gasteiger partial charge in [0.05, 0.1) is 0 Å². The molecular formula is C5H7NO2. The van der Waals surface area contributed by atoms with Crippen molar-refractivity contribution in [2.24, 2.45) is 4.99 Å². The fraction of sp³-hybridized carbons (Fsp3) is 0.200. The van der Waals surface area contributed by atoms with Gasteiger partial charge in [-0.3, -0.25) is 4.99 Å². The summed E-state index contributed by atoms with van der Waals surface area (Å²) in [5, 5.41) is 8.17. The number of carbonyl (C=O) groups is 1. The van der Waals surface area contributed by atoms with E-state index in [2.05, 4.69) is 11.6 Å². The van der Waals surface area contributed by atoms with Crippen molar-refractivity contribution in [2.45, 2.75) is 0 Å². The third kappa shape index (κ3) is 1.55. The molecule has 0 aromatic heterocycles. The van der Waals surface area contributed by atoms with Crippen LogP contribution in [0, 0.1) is 0 Å². The first kappa shape index (κ1) is 6.88. The first-order chi connectivity index (χ1) is 3.72. The highest BCUT2D eigenvalue weighted by Crippen LogP contribution is 1.76. The fourth-order valence-corrected chi connectivity index (χ4v) is 0.274. The van der Waals surface area contributed by atoms with Crippen molar-refractivity contribution >= 4 is 11.7 Å². The molecule has 0 aliphatic rings. The van der Waals surface area contributed by atoms with Gasteiger partial charge in [-0.15, -0.1) is 0 Å². The molecule has 44 valence electrons. The zero-order valence-corrected chi connectivity index (χ0v) is 4.59. The van der Waals surface area contributed by atoms with Crippen molar-refractivity contribution in [3.8, 4) is 0 Å². The largest absolute Gasteiger partial charge is 0.477 e. The summed E-state index contributed by atoms with van der Waals surface area (Å²) in [6, 6.07) is 0. The van der Waals surface area contributed by atoms with Crippen LogP contribution >= 0.6 is 0 Å². The van der Waals surface area contributed by atoms with Gasteiger partial charge in [0.25, 0.3) is 0 Å². The van der Waals surface area contributed by atoms with E-state index in [-0.39, 0.29) is 5.71 Å². The van der Waals surface area contributed by atoms with Crippen LogP contribution in [0.2, 0.25) is 0 Å². The maximum atomic E-state index is 9.96. The Labute approximate surface area is 47.4 Å². The van der Waals surface area contributed by atoms with E-state index in [9.17, 15) is 4.79 Å². The Hall–Kier alpha value is -1.12. The molecule has 0 rings (SSSR count). The third-order valence-electron chi connectivity index (χ3n) is 0.653. The van der Waals surface area contributed by atoms with Crippen molar-refractivity contribution in [3.05, 3.63) is 12.7 Å². The van der Waals surface area contributed by atoms with Crippen LogP contribution < -0.4 is 0 Å². The maximum Gasteiger partial charge on any atom is 0.353 e. The maximum absolute atomic E-state index is 9.96. The highest BCUT2D eigenvalue weighted by molar-refractivity contribution is 6.40. The Balaban J connectivity index is 4.13. The summed E-state index contributed by atoms with van der Waals surface area (Å²) in [7, 11) is 1.41. The molecule has 0 aromatic rings. The molecule has 1 N–H and O–H groups in total. The second-order valence-electron chi connectivity index (χ2n) is 1.12. The Morgan fingerprint density at radius 2 is 2.38 bits per heavy atom. The third-order valence-corrected chi connectivity index (χ3v) is 0.653. The second-order valence-corrected chi connectivity index (χ2v) is 1.12. The number of carboxylic acids is 1. The van der Waals surface area contributed by atoms with Crippen molar-refractivity contribution in [1.82, 2.24) is 0 Å². The van der Waals surface area contributed by atoms with Gasteiger partial charge in [0.2, 0.25) is 0 Å². The molecule has 3 nitrogen and oxygen atoms in total. The molecule has 0 bridgehead atoms. The summed E-state index contributed by atoms with van der Waals surface area (Å²) in [4.78, 5) is 13.4. The van der Waals surface area contributed by atoms with Crippen LogP contribution in [0.1, 0.15) is 0 Å². The summed E-state index contributed by atoms with van der Waals surface area (Å²) in [5.74, 6) is -1.04. The topological polar surface area (TPSA) is 49.7 Å². The smallest absolute Gasteiger partial charge is 0.353 e. The predicted octanol–water partition coefficient (Wildman–Crippen LogP) is 0.328. The minimum Gasteiger partial charge on any atom is -0.477 e. The van der Waals surface area contributed by atoms with Gasteiger partial charge in [0.1, 0.15) is 5.71 Å². The zero-order valence-electron chi connectivity index (χ0n) is 4.59. The highest BCUT2D eigenvalue weighted by atomic mass is 16.4. The van der Waals surface area contributed by atoms with Gasteiger partial charge in [0, 0.05) is 7.05 Å². The lowest BCUT2D eigenvalue weighted by Crippen LogP contribution is -2.08. The molecule has 0 aliphatic carbocycles. The number of hydrogen-bond acceptors (Lipinski definition) is 2. The van der Waals surface area contributed by atoms with Gasteiger partial charge in [0.15, 0.2) is 0 Å². The van der Waals surface area contributed by atoms with Gasteiger partial charge >= 0.3 is 5.97 Å². The van der Waals surface area contributed by atoms with E-state index in [0.29, 0.717) is 0 Å². The van der Waals surface area contributed by atoms with E-state index in [1.165, 1.54) is 13.1 Å². The quantitative estimate of drug-likeness (QED) is 0.524. The van der Waals surface area contributed by atoms with Gasteiger partial charge in [-0.25, -0.2) is 4.79 Å². The first-order valence-corrected chi connectivity index (χ1v) is 2.05. The average molecular weight is 113 g/mol. The Kier molecular flexibility index (Phi) is 2.54. The molecule has 0 amide bonds. The van der Waals surface area contributed by atoms with Gasteiger partial charge in [-0.05, 0) is 6.08 Å². The summed E-state index contributed by atoms with van der Waals surface area (Å²) < 4.78 is 0. The minimum absolute atomic E-state index is 0.00926. The summed E-state index contributed by atoms with van der Waals surface area (Å²) in [5.41, 5.74) is -0.00926. The number of aliphatic imine (C=N–C) groups is 1. The van der Waals surface area contributed by atoms with Gasteiger partial charge in [-0.2, -0.15) is 0 Å². The number of aliphatic carboxylic acids is 1. The van der Waals surface area contributed by atoms with Crippen molar-refractivity contribution in [3.63, 3.8) is 0 Å². The van der Waals surface area contributed by atoms with Crippen LogP contribution in [0.25, 0.3) is 0 Å². The molecule has 3 heteroatoms. The van der Waals surface area contributed by atoms with E-state index < -0.39 is 5.97 Å². The lowest BCUT2D eigenvalue weighted by atomic mass is 10.4. The average Bonchev–Trinajstić information content (AvgIpc) is 1.69. The fourth-order valence-electron chi connectivity index (χ4n) is 0.274. The lowest BCUT2D eigenvalue weighted by Gasteiger charge is -1.85. The molecule has 0 saturated heterocycles. The zero-order chi connectivity index (χ0) is 6.57. The van der Waals surface area contributed by atoms with Crippen LogP contribution in [-0.2, 0) is 4.79 Å². The van der Waals surface area contributed by atoms with E-state index in [1.54, 1.807) is 0 Å².